The molecule has 1 aliphatic rings. The molecule has 64 valence electrons. The SMILES string of the molecule is O[C@@H]1CCCc2ccc(Cl)nc21. The number of rotatable bonds is 0. The Bertz CT molecular complexity index is 301. The van der Waals surface area contributed by atoms with Gasteiger partial charge in [-0.25, -0.2) is 4.98 Å². The van der Waals surface area contributed by atoms with Gasteiger partial charge in [0.25, 0.3) is 0 Å². The lowest BCUT2D eigenvalue weighted by Crippen LogP contribution is -2.11. The third-order valence-corrected chi connectivity index (χ3v) is 2.43. The molecule has 2 nitrogen and oxygen atoms in total. The van der Waals surface area contributed by atoms with Crippen LogP contribution in [0.5, 0.6) is 0 Å². The van der Waals surface area contributed by atoms with Crippen molar-refractivity contribution in [3.63, 3.8) is 0 Å². The quantitative estimate of drug-likeness (QED) is 0.625. The second kappa shape index (κ2) is 3.04. The molecule has 0 bridgehead atoms. The molecule has 0 radical (unpaired) electrons. The molecule has 0 aromatic carbocycles. The first-order valence-electron chi connectivity index (χ1n) is 4.11. The minimum Gasteiger partial charge on any atom is -0.387 e. The zero-order valence-corrected chi connectivity index (χ0v) is 7.38. The summed E-state index contributed by atoms with van der Waals surface area (Å²) in [6, 6.07) is 3.73. The van der Waals surface area contributed by atoms with Crippen LogP contribution in [0.25, 0.3) is 0 Å². The van der Waals surface area contributed by atoms with Gasteiger partial charge in [0.05, 0.1) is 11.8 Å². The Kier molecular flexibility index (Phi) is 2.03. The number of pyridine rings is 1. The van der Waals surface area contributed by atoms with Crippen LogP contribution in [-0.4, -0.2) is 10.1 Å². The van der Waals surface area contributed by atoms with E-state index in [1.54, 1.807) is 6.07 Å². The molecule has 0 unspecified atom stereocenters. The maximum absolute atomic E-state index is 9.56. The summed E-state index contributed by atoms with van der Waals surface area (Å²) in [6.45, 7) is 0. The van der Waals surface area contributed by atoms with Gasteiger partial charge >= 0.3 is 0 Å². The molecule has 0 spiro atoms. The first-order valence-corrected chi connectivity index (χ1v) is 4.48. The third-order valence-electron chi connectivity index (χ3n) is 2.22. The fourth-order valence-corrected chi connectivity index (χ4v) is 1.76. The van der Waals surface area contributed by atoms with E-state index in [2.05, 4.69) is 4.98 Å². The summed E-state index contributed by atoms with van der Waals surface area (Å²) in [5.41, 5.74) is 1.91. The topological polar surface area (TPSA) is 33.1 Å². The summed E-state index contributed by atoms with van der Waals surface area (Å²) >= 11 is 5.72. The minimum atomic E-state index is -0.410. The summed E-state index contributed by atoms with van der Waals surface area (Å²) in [5.74, 6) is 0. The van der Waals surface area contributed by atoms with Gasteiger partial charge in [0.1, 0.15) is 5.15 Å². The van der Waals surface area contributed by atoms with Crippen LogP contribution in [0, 0.1) is 0 Å². The highest BCUT2D eigenvalue weighted by molar-refractivity contribution is 6.29. The lowest BCUT2D eigenvalue weighted by Gasteiger charge is -2.19. The maximum atomic E-state index is 9.56. The Hall–Kier alpha value is -0.600. The fourth-order valence-electron chi connectivity index (χ4n) is 1.60. The second-order valence-corrected chi connectivity index (χ2v) is 3.47. The van der Waals surface area contributed by atoms with E-state index in [1.165, 1.54) is 0 Å². The standard InChI is InChI=1S/C9H10ClNO/c10-8-5-4-6-2-1-3-7(12)9(6)11-8/h4-5,7,12H,1-3H2/t7-/m1/s1. The van der Waals surface area contributed by atoms with E-state index in [9.17, 15) is 5.11 Å². The van der Waals surface area contributed by atoms with Gasteiger partial charge in [-0.05, 0) is 30.9 Å². The molecule has 12 heavy (non-hydrogen) atoms. The molecule has 1 atom stereocenters. The molecule has 0 saturated heterocycles. The number of aryl methyl sites for hydroxylation is 1. The molecule has 1 N–H and O–H groups in total. The van der Waals surface area contributed by atoms with Crippen LogP contribution in [0.15, 0.2) is 12.1 Å². The molecular weight excluding hydrogens is 174 g/mol. The maximum Gasteiger partial charge on any atom is 0.129 e. The van der Waals surface area contributed by atoms with E-state index in [-0.39, 0.29) is 0 Å². The van der Waals surface area contributed by atoms with Crippen LogP contribution in [0.4, 0.5) is 0 Å². The van der Waals surface area contributed by atoms with Crippen molar-refractivity contribution in [3.8, 4) is 0 Å². The number of hydrogen-bond acceptors (Lipinski definition) is 2. The number of halogens is 1. The van der Waals surface area contributed by atoms with Crippen LogP contribution in [0.3, 0.4) is 0 Å². The predicted molar refractivity (Wildman–Crippen MR) is 47.1 cm³/mol. The zero-order valence-electron chi connectivity index (χ0n) is 6.63. The Morgan fingerprint density at radius 1 is 1.50 bits per heavy atom. The average molecular weight is 184 g/mol. The summed E-state index contributed by atoms with van der Waals surface area (Å²) in [6.07, 6.45) is 2.45. The Balaban J connectivity index is 2.47. The van der Waals surface area contributed by atoms with E-state index in [1.807, 2.05) is 6.07 Å². The first kappa shape index (κ1) is 8.02. The number of aliphatic hydroxyl groups is 1. The van der Waals surface area contributed by atoms with Gasteiger partial charge in [-0.3, -0.25) is 0 Å². The molecule has 1 aliphatic carbocycles. The van der Waals surface area contributed by atoms with Crippen LogP contribution >= 0.6 is 11.6 Å². The van der Waals surface area contributed by atoms with Crippen molar-refractivity contribution < 1.29 is 5.11 Å². The lowest BCUT2D eigenvalue weighted by atomic mass is 9.94. The lowest BCUT2D eigenvalue weighted by molar-refractivity contribution is 0.151. The highest BCUT2D eigenvalue weighted by Crippen LogP contribution is 2.28. The first-order chi connectivity index (χ1) is 5.77. The Labute approximate surface area is 76.2 Å². The molecule has 0 amide bonds. The van der Waals surface area contributed by atoms with E-state index >= 15 is 0 Å². The van der Waals surface area contributed by atoms with Gasteiger partial charge in [-0.1, -0.05) is 17.7 Å². The van der Waals surface area contributed by atoms with Crippen molar-refractivity contribution in [2.24, 2.45) is 0 Å². The number of nitrogens with zero attached hydrogens (tertiary/aromatic N) is 1. The van der Waals surface area contributed by atoms with Crippen LogP contribution in [-0.2, 0) is 6.42 Å². The molecule has 1 aromatic heterocycles. The molecule has 0 fully saturated rings. The second-order valence-electron chi connectivity index (χ2n) is 3.09. The van der Waals surface area contributed by atoms with Crippen molar-refractivity contribution in [1.82, 2.24) is 4.98 Å². The van der Waals surface area contributed by atoms with Crippen LogP contribution in [0.1, 0.15) is 30.2 Å². The zero-order chi connectivity index (χ0) is 8.55. The van der Waals surface area contributed by atoms with Gasteiger partial charge in [0, 0.05) is 0 Å². The molecule has 0 saturated carbocycles. The van der Waals surface area contributed by atoms with Crippen LogP contribution in [0.2, 0.25) is 5.15 Å². The van der Waals surface area contributed by atoms with Gasteiger partial charge in [-0.2, -0.15) is 0 Å². The summed E-state index contributed by atoms with van der Waals surface area (Å²) in [5, 5.41) is 10.0. The predicted octanol–water partition coefficient (Wildman–Crippen LogP) is 2.10. The minimum absolute atomic E-state index is 0.410. The monoisotopic (exact) mass is 183 g/mol. The molecule has 2 rings (SSSR count). The fraction of sp³-hybridized carbons (Fsp3) is 0.444. The molecule has 1 heterocycles. The average Bonchev–Trinajstić information content (AvgIpc) is 2.07. The van der Waals surface area contributed by atoms with Crippen molar-refractivity contribution in [3.05, 3.63) is 28.5 Å². The van der Waals surface area contributed by atoms with Crippen molar-refractivity contribution in [2.45, 2.75) is 25.4 Å². The highest BCUT2D eigenvalue weighted by atomic mass is 35.5. The van der Waals surface area contributed by atoms with Crippen molar-refractivity contribution in [1.29, 1.82) is 0 Å². The normalized spacial score (nSPS) is 22.0. The molecule has 3 heteroatoms. The number of aromatic nitrogens is 1. The Morgan fingerprint density at radius 2 is 2.33 bits per heavy atom. The number of hydrogen-bond donors (Lipinski definition) is 1. The van der Waals surface area contributed by atoms with E-state index in [4.69, 9.17) is 11.6 Å². The van der Waals surface area contributed by atoms with E-state index < -0.39 is 6.10 Å². The molecule has 1 aromatic rings. The smallest absolute Gasteiger partial charge is 0.129 e. The summed E-state index contributed by atoms with van der Waals surface area (Å²) in [4.78, 5) is 4.11. The van der Waals surface area contributed by atoms with Gasteiger partial charge in [0.2, 0.25) is 0 Å². The van der Waals surface area contributed by atoms with Crippen molar-refractivity contribution in [2.75, 3.05) is 0 Å². The largest absolute Gasteiger partial charge is 0.387 e. The van der Waals surface area contributed by atoms with Gasteiger partial charge in [0.15, 0.2) is 0 Å². The number of fused-ring (bicyclic) bond motifs is 1. The van der Waals surface area contributed by atoms with Gasteiger partial charge in [-0.15, -0.1) is 0 Å². The highest BCUT2D eigenvalue weighted by Gasteiger charge is 2.18. The van der Waals surface area contributed by atoms with Gasteiger partial charge < -0.3 is 5.11 Å². The molecular formula is C9H10ClNO. The third kappa shape index (κ3) is 1.32. The van der Waals surface area contributed by atoms with Crippen LogP contribution < -0.4 is 0 Å². The summed E-state index contributed by atoms with van der Waals surface area (Å²) < 4.78 is 0. The Morgan fingerprint density at radius 3 is 3.17 bits per heavy atom. The van der Waals surface area contributed by atoms with E-state index in [0.717, 1.165) is 30.5 Å². The summed E-state index contributed by atoms with van der Waals surface area (Å²) in [7, 11) is 0. The molecule has 0 aliphatic heterocycles. The number of aliphatic hydroxyl groups excluding tert-OH is 1. The van der Waals surface area contributed by atoms with E-state index in [0.29, 0.717) is 5.15 Å². The van der Waals surface area contributed by atoms with Crippen molar-refractivity contribution >= 4 is 11.6 Å².